The fourth-order valence-corrected chi connectivity index (χ4v) is 1.85. The Morgan fingerprint density at radius 2 is 2.11 bits per heavy atom. The second-order valence-corrected chi connectivity index (χ2v) is 3.97. The van der Waals surface area contributed by atoms with Gasteiger partial charge in [0.05, 0.1) is 18.7 Å². The maximum absolute atomic E-state index is 8.84. The molecule has 3 rings (SSSR count). The molecular weight excluding hydrogens is 228 g/mol. The Morgan fingerprint density at radius 3 is 3.00 bits per heavy atom. The Kier molecular flexibility index (Phi) is 2.74. The number of hydrogen-bond donors (Lipinski definition) is 1. The van der Waals surface area contributed by atoms with Gasteiger partial charge in [0.2, 0.25) is 0 Å². The first-order valence-corrected chi connectivity index (χ1v) is 5.72. The van der Waals surface area contributed by atoms with Gasteiger partial charge >= 0.3 is 0 Å². The molecule has 0 saturated carbocycles. The lowest BCUT2D eigenvalue weighted by molar-refractivity contribution is 0.269. The Bertz CT molecular complexity index is 677. The summed E-state index contributed by atoms with van der Waals surface area (Å²) in [7, 11) is 0. The molecule has 2 heterocycles. The van der Waals surface area contributed by atoms with E-state index in [-0.39, 0.29) is 6.61 Å². The highest BCUT2D eigenvalue weighted by molar-refractivity contribution is 5.82. The van der Waals surface area contributed by atoms with Crippen molar-refractivity contribution in [2.75, 3.05) is 6.61 Å². The van der Waals surface area contributed by atoms with Crippen molar-refractivity contribution in [2.45, 2.75) is 6.54 Å². The number of benzene rings is 1. The lowest BCUT2D eigenvalue weighted by atomic mass is 10.1. The van der Waals surface area contributed by atoms with Gasteiger partial charge in [0.15, 0.2) is 5.82 Å². The van der Waals surface area contributed by atoms with E-state index in [1.165, 1.54) is 0 Å². The molecule has 5 nitrogen and oxygen atoms in total. The van der Waals surface area contributed by atoms with Crippen molar-refractivity contribution in [3.8, 4) is 11.4 Å². The molecule has 1 aromatic carbocycles. The molecule has 0 aliphatic heterocycles. The van der Waals surface area contributed by atoms with Crippen molar-refractivity contribution < 1.29 is 5.11 Å². The average molecular weight is 240 g/mol. The monoisotopic (exact) mass is 240 g/mol. The first-order chi connectivity index (χ1) is 8.86. The summed E-state index contributed by atoms with van der Waals surface area (Å²) in [4.78, 5) is 8.50. The van der Waals surface area contributed by atoms with E-state index in [4.69, 9.17) is 5.11 Å². The van der Waals surface area contributed by atoms with Gasteiger partial charge in [-0.2, -0.15) is 5.10 Å². The summed E-state index contributed by atoms with van der Waals surface area (Å²) >= 11 is 0. The predicted octanol–water partition coefficient (Wildman–Crippen LogP) is 1.49. The molecule has 90 valence electrons. The molecule has 0 saturated heterocycles. The van der Waals surface area contributed by atoms with E-state index < -0.39 is 0 Å². The number of aliphatic hydroxyl groups excluding tert-OH is 1. The quantitative estimate of drug-likeness (QED) is 0.753. The zero-order valence-electron chi connectivity index (χ0n) is 9.69. The van der Waals surface area contributed by atoms with E-state index in [9.17, 15) is 0 Å². The first-order valence-electron chi connectivity index (χ1n) is 5.72. The fourth-order valence-electron chi connectivity index (χ4n) is 1.85. The van der Waals surface area contributed by atoms with Crippen molar-refractivity contribution in [1.82, 2.24) is 19.7 Å². The van der Waals surface area contributed by atoms with E-state index in [1.807, 2.05) is 30.3 Å². The summed E-state index contributed by atoms with van der Waals surface area (Å²) in [5.41, 5.74) is 1.91. The van der Waals surface area contributed by atoms with Crippen LogP contribution in [0.15, 0.2) is 42.9 Å². The average Bonchev–Trinajstić information content (AvgIpc) is 2.87. The molecule has 0 spiro atoms. The van der Waals surface area contributed by atoms with Crippen molar-refractivity contribution in [3.63, 3.8) is 0 Å². The molecular formula is C13H12N4O. The summed E-state index contributed by atoms with van der Waals surface area (Å²) in [6, 6.07) is 9.84. The number of pyridine rings is 1. The number of nitrogens with zero attached hydrogens (tertiary/aromatic N) is 4. The van der Waals surface area contributed by atoms with Crippen LogP contribution >= 0.6 is 0 Å². The van der Waals surface area contributed by atoms with E-state index in [2.05, 4.69) is 15.1 Å². The zero-order valence-corrected chi connectivity index (χ0v) is 9.69. The molecule has 0 atom stereocenters. The zero-order chi connectivity index (χ0) is 12.4. The van der Waals surface area contributed by atoms with Crippen LogP contribution in [0.1, 0.15) is 0 Å². The van der Waals surface area contributed by atoms with Crippen LogP contribution in [-0.4, -0.2) is 31.5 Å². The van der Waals surface area contributed by atoms with Gasteiger partial charge in [0.1, 0.15) is 6.33 Å². The topological polar surface area (TPSA) is 63.8 Å². The maximum atomic E-state index is 8.84. The highest BCUT2D eigenvalue weighted by atomic mass is 16.3. The maximum Gasteiger partial charge on any atom is 0.181 e. The predicted molar refractivity (Wildman–Crippen MR) is 67.8 cm³/mol. The van der Waals surface area contributed by atoms with E-state index in [0.29, 0.717) is 12.4 Å². The molecule has 0 amide bonds. The van der Waals surface area contributed by atoms with Gasteiger partial charge in [-0.1, -0.05) is 6.07 Å². The summed E-state index contributed by atoms with van der Waals surface area (Å²) in [6.45, 7) is 0.520. The first kappa shape index (κ1) is 10.9. The standard InChI is InChI=1S/C13H12N4O/c18-7-6-17-9-15-13(16-17)11-3-4-12-10(8-11)2-1-5-14-12/h1-5,8-9,18H,6-7H2. The molecule has 18 heavy (non-hydrogen) atoms. The Balaban J connectivity index is 2.02. The van der Waals surface area contributed by atoms with Gasteiger partial charge in [-0.05, 0) is 24.3 Å². The van der Waals surface area contributed by atoms with Gasteiger partial charge in [0.25, 0.3) is 0 Å². The summed E-state index contributed by atoms with van der Waals surface area (Å²) in [5, 5.41) is 14.2. The molecule has 0 unspecified atom stereocenters. The Hall–Kier alpha value is -2.27. The van der Waals surface area contributed by atoms with Crippen LogP contribution in [0, 0.1) is 0 Å². The third-order valence-corrected chi connectivity index (χ3v) is 2.73. The van der Waals surface area contributed by atoms with Crippen LogP contribution in [0.4, 0.5) is 0 Å². The largest absolute Gasteiger partial charge is 0.394 e. The molecule has 0 radical (unpaired) electrons. The minimum atomic E-state index is 0.0600. The second kappa shape index (κ2) is 4.54. The number of hydrogen-bond acceptors (Lipinski definition) is 4. The number of rotatable bonds is 3. The van der Waals surface area contributed by atoms with Gasteiger partial charge in [-0.15, -0.1) is 0 Å². The molecule has 2 aromatic heterocycles. The van der Waals surface area contributed by atoms with Gasteiger partial charge in [0, 0.05) is 17.1 Å². The van der Waals surface area contributed by atoms with E-state index >= 15 is 0 Å². The van der Waals surface area contributed by atoms with Crippen LogP contribution in [0.5, 0.6) is 0 Å². The normalized spacial score (nSPS) is 10.9. The molecule has 0 bridgehead atoms. The highest BCUT2D eigenvalue weighted by Gasteiger charge is 2.05. The minimum Gasteiger partial charge on any atom is -0.394 e. The molecule has 5 heteroatoms. The lowest BCUT2D eigenvalue weighted by Crippen LogP contribution is -2.02. The minimum absolute atomic E-state index is 0.0600. The van der Waals surface area contributed by atoms with Crippen molar-refractivity contribution in [3.05, 3.63) is 42.9 Å². The summed E-state index contributed by atoms with van der Waals surface area (Å²) in [5.74, 6) is 0.661. The molecule has 1 N–H and O–H groups in total. The molecule has 0 aliphatic carbocycles. The Labute approximate surface area is 104 Å². The number of fused-ring (bicyclic) bond motifs is 1. The van der Waals surface area contributed by atoms with Gasteiger partial charge in [-0.3, -0.25) is 9.67 Å². The van der Waals surface area contributed by atoms with Gasteiger partial charge in [-0.25, -0.2) is 4.98 Å². The lowest BCUT2D eigenvalue weighted by Gasteiger charge is -1.99. The van der Waals surface area contributed by atoms with Crippen molar-refractivity contribution in [2.24, 2.45) is 0 Å². The highest BCUT2D eigenvalue weighted by Crippen LogP contribution is 2.20. The molecule has 0 fully saturated rings. The summed E-state index contributed by atoms with van der Waals surface area (Å²) < 4.78 is 1.63. The number of aromatic nitrogens is 4. The van der Waals surface area contributed by atoms with Crippen molar-refractivity contribution in [1.29, 1.82) is 0 Å². The summed E-state index contributed by atoms with van der Waals surface area (Å²) in [6.07, 6.45) is 3.40. The Morgan fingerprint density at radius 1 is 1.17 bits per heavy atom. The van der Waals surface area contributed by atoms with E-state index in [0.717, 1.165) is 16.5 Å². The second-order valence-electron chi connectivity index (χ2n) is 3.97. The van der Waals surface area contributed by atoms with Crippen LogP contribution in [0.25, 0.3) is 22.3 Å². The van der Waals surface area contributed by atoms with Crippen molar-refractivity contribution >= 4 is 10.9 Å². The third kappa shape index (κ3) is 1.96. The fraction of sp³-hybridized carbons (Fsp3) is 0.154. The van der Waals surface area contributed by atoms with Crippen LogP contribution < -0.4 is 0 Å². The SMILES string of the molecule is OCCn1cnc(-c2ccc3ncccc3c2)n1. The molecule has 0 aliphatic rings. The van der Waals surface area contributed by atoms with E-state index in [1.54, 1.807) is 17.2 Å². The van der Waals surface area contributed by atoms with Crippen LogP contribution in [-0.2, 0) is 6.54 Å². The van der Waals surface area contributed by atoms with Crippen LogP contribution in [0.2, 0.25) is 0 Å². The smallest absolute Gasteiger partial charge is 0.181 e. The molecule has 3 aromatic rings. The number of aliphatic hydroxyl groups is 1. The third-order valence-electron chi connectivity index (χ3n) is 2.73. The van der Waals surface area contributed by atoms with Gasteiger partial charge < -0.3 is 5.11 Å². The van der Waals surface area contributed by atoms with Crippen LogP contribution in [0.3, 0.4) is 0 Å².